The van der Waals surface area contributed by atoms with Crippen LogP contribution < -0.4 is 10.5 Å². The summed E-state index contributed by atoms with van der Waals surface area (Å²) < 4.78 is 11.1. The third-order valence-corrected chi connectivity index (χ3v) is 4.10. The lowest BCUT2D eigenvalue weighted by atomic mass is 10.1. The molecule has 0 atom stereocenters. The smallest absolute Gasteiger partial charge is 0.213 e. The van der Waals surface area contributed by atoms with Crippen LogP contribution >= 0.6 is 17.0 Å². The molecular weight excluding hydrogens is 420 g/mol. The van der Waals surface area contributed by atoms with Gasteiger partial charge in [0, 0.05) is 30.9 Å². The second-order valence-corrected chi connectivity index (χ2v) is 6.07. The lowest BCUT2D eigenvalue weighted by molar-refractivity contribution is 0.294. The second-order valence-electron chi connectivity index (χ2n) is 6.07. The maximum atomic E-state index is 5.89. The second kappa shape index (κ2) is 9.14. The molecule has 0 saturated heterocycles. The third kappa shape index (κ3) is 4.75. The number of benzene rings is 1. The first-order valence-electron chi connectivity index (χ1n) is 8.56. The Morgan fingerprint density at radius 3 is 2.43 bits per heavy atom. The van der Waals surface area contributed by atoms with E-state index < -0.39 is 0 Å². The number of hydrogen-bond acceptors (Lipinski definition) is 6. The number of hydrogen-bond donors (Lipinski definition) is 1. The van der Waals surface area contributed by atoms with E-state index in [2.05, 4.69) is 27.3 Å². The zero-order valence-electron chi connectivity index (χ0n) is 15.0. The molecular formula is C21H19BrN4O2. The maximum Gasteiger partial charge on any atom is 0.213 e. The molecule has 6 nitrogen and oxygen atoms in total. The molecule has 142 valence electrons. The highest BCUT2D eigenvalue weighted by Gasteiger charge is 2.10. The van der Waals surface area contributed by atoms with Crippen molar-refractivity contribution in [1.82, 2.24) is 15.1 Å². The van der Waals surface area contributed by atoms with Crippen LogP contribution in [0.25, 0.3) is 11.3 Å². The van der Waals surface area contributed by atoms with Crippen molar-refractivity contribution in [1.29, 1.82) is 0 Å². The minimum atomic E-state index is 0. The fraction of sp³-hybridized carbons (Fsp3) is 0.0952. The molecule has 0 unspecified atom stereocenters. The highest BCUT2D eigenvalue weighted by atomic mass is 79.9. The Kier molecular flexibility index (Phi) is 6.39. The van der Waals surface area contributed by atoms with Crippen molar-refractivity contribution in [2.75, 3.05) is 5.73 Å². The molecule has 0 fully saturated rings. The van der Waals surface area contributed by atoms with Gasteiger partial charge in [0.2, 0.25) is 5.88 Å². The molecule has 4 rings (SSSR count). The minimum absolute atomic E-state index is 0. The summed E-state index contributed by atoms with van der Waals surface area (Å²) in [5.74, 6) is 1.67. The van der Waals surface area contributed by atoms with Gasteiger partial charge in [-0.3, -0.25) is 0 Å². The van der Waals surface area contributed by atoms with Gasteiger partial charge in [0.25, 0.3) is 0 Å². The minimum Gasteiger partial charge on any atom is -0.473 e. The Balaban J connectivity index is 0.00000225. The van der Waals surface area contributed by atoms with Crippen molar-refractivity contribution in [2.24, 2.45) is 0 Å². The van der Waals surface area contributed by atoms with Gasteiger partial charge in [-0.15, -0.1) is 17.0 Å². The summed E-state index contributed by atoms with van der Waals surface area (Å²) in [5, 5.41) is 4.14. The van der Waals surface area contributed by atoms with Crippen molar-refractivity contribution in [3.05, 3.63) is 89.9 Å². The summed E-state index contributed by atoms with van der Waals surface area (Å²) in [6.45, 7) is 0.478. The van der Waals surface area contributed by atoms with Crippen molar-refractivity contribution in [3.63, 3.8) is 0 Å². The standard InChI is InChI=1S/C21H18N4O2.BrH/c22-21-18(4-3-11-24-21)19-13-17(25-27-19)12-15-6-8-16(9-7-15)14-26-20-5-1-2-10-23-20;/h1-11,13H,12,14H2,(H2,22,24);1H. The van der Waals surface area contributed by atoms with E-state index in [1.807, 2.05) is 48.5 Å². The first kappa shape index (κ1) is 19.6. The predicted molar refractivity (Wildman–Crippen MR) is 112 cm³/mol. The van der Waals surface area contributed by atoms with Crippen LogP contribution in [-0.4, -0.2) is 15.1 Å². The molecule has 1 aromatic carbocycles. The number of nitrogens with two attached hydrogens (primary N) is 1. The Labute approximate surface area is 173 Å². The highest BCUT2D eigenvalue weighted by Crippen LogP contribution is 2.25. The molecule has 0 aliphatic rings. The third-order valence-electron chi connectivity index (χ3n) is 4.10. The molecule has 0 bridgehead atoms. The fourth-order valence-electron chi connectivity index (χ4n) is 2.70. The van der Waals surface area contributed by atoms with E-state index in [0.717, 1.165) is 22.4 Å². The van der Waals surface area contributed by atoms with Crippen LogP contribution in [0.2, 0.25) is 0 Å². The molecule has 0 amide bonds. The monoisotopic (exact) mass is 438 g/mol. The summed E-state index contributed by atoms with van der Waals surface area (Å²) >= 11 is 0. The number of halogens is 1. The number of ether oxygens (including phenoxy) is 1. The van der Waals surface area contributed by atoms with Gasteiger partial charge < -0.3 is 15.0 Å². The van der Waals surface area contributed by atoms with Crippen molar-refractivity contribution >= 4 is 22.8 Å². The number of rotatable bonds is 6. The van der Waals surface area contributed by atoms with Gasteiger partial charge in [-0.25, -0.2) is 9.97 Å². The SMILES string of the molecule is Br.Nc1ncccc1-c1cc(Cc2ccc(COc3ccccn3)cc2)no1. The van der Waals surface area contributed by atoms with Crippen molar-refractivity contribution in [3.8, 4) is 17.2 Å². The molecule has 0 saturated carbocycles. The number of nitrogen functional groups attached to an aromatic ring is 1. The van der Waals surface area contributed by atoms with Gasteiger partial charge in [-0.1, -0.05) is 35.5 Å². The molecule has 0 spiro atoms. The van der Waals surface area contributed by atoms with Crippen molar-refractivity contribution in [2.45, 2.75) is 13.0 Å². The predicted octanol–water partition coefficient (Wildman–Crippen LogP) is 4.46. The molecule has 4 aromatic rings. The summed E-state index contributed by atoms with van der Waals surface area (Å²) in [4.78, 5) is 8.22. The Bertz CT molecular complexity index is 1020. The largest absolute Gasteiger partial charge is 0.473 e. The molecule has 0 radical (unpaired) electrons. The van der Waals surface area contributed by atoms with Gasteiger partial charge in [0.1, 0.15) is 12.4 Å². The van der Waals surface area contributed by atoms with Gasteiger partial charge in [0.15, 0.2) is 5.76 Å². The van der Waals surface area contributed by atoms with E-state index in [4.69, 9.17) is 15.0 Å². The van der Waals surface area contributed by atoms with Crippen LogP contribution in [0.1, 0.15) is 16.8 Å². The first-order chi connectivity index (χ1) is 13.3. The molecule has 0 aliphatic heterocycles. The van der Waals surface area contributed by atoms with E-state index >= 15 is 0 Å². The van der Waals surface area contributed by atoms with Crippen LogP contribution in [-0.2, 0) is 13.0 Å². The maximum absolute atomic E-state index is 5.89. The van der Waals surface area contributed by atoms with E-state index in [1.165, 1.54) is 0 Å². The van der Waals surface area contributed by atoms with E-state index in [9.17, 15) is 0 Å². The summed E-state index contributed by atoms with van der Waals surface area (Å²) in [7, 11) is 0. The summed E-state index contributed by atoms with van der Waals surface area (Å²) in [6.07, 6.45) is 4.03. The lowest BCUT2D eigenvalue weighted by Crippen LogP contribution is -1.97. The van der Waals surface area contributed by atoms with E-state index in [-0.39, 0.29) is 17.0 Å². The van der Waals surface area contributed by atoms with E-state index in [0.29, 0.717) is 30.5 Å². The zero-order valence-corrected chi connectivity index (χ0v) is 16.7. The Hall–Kier alpha value is -3.19. The average molecular weight is 439 g/mol. The van der Waals surface area contributed by atoms with Crippen LogP contribution in [0.3, 0.4) is 0 Å². The highest BCUT2D eigenvalue weighted by molar-refractivity contribution is 8.93. The van der Waals surface area contributed by atoms with Gasteiger partial charge >= 0.3 is 0 Å². The van der Waals surface area contributed by atoms with Gasteiger partial charge in [0.05, 0.1) is 11.3 Å². The van der Waals surface area contributed by atoms with Gasteiger partial charge in [-0.2, -0.15) is 0 Å². The van der Waals surface area contributed by atoms with E-state index in [1.54, 1.807) is 12.4 Å². The number of anilines is 1. The lowest BCUT2D eigenvalue weighted by Gasteiger charge is -2.05. The molecule has 3 aromatic heterocycles. The first-order valence-corrected chi connectivity index (χ1v) is 8.56. The number of pyridine rings is 2. The number of nitrogens with zero attached hydrogens (tertiary/aromatic N) is 3. The Morgan fingerprint density at radius 1 is 0.893 bits per heavy atom. The normalized spacial score (nSPS) is 10.3. The molecule has 2 N–H and O–H groups in total. The van der Waals surface area contributed by atoms with Crippen LogP contribution in [0.15, 0.2) is 77.6 Å². The molecule has 7 heteroatoms. The van der Waals surface area contributed by atoms with Crippen LogP contribution in [0, 0.1) is 0 Å². The fourth-order valence-corrected chi connectivity index (χ4v) is 2.70. The molecule has 3 heterocycles. The van der Waals surface area contributed by atoms with Crippen LogP contribution in [0.5, 0.6) is 5.88 Å². The van der Waals surface area contributed by atoms with Gasteiger partial charge in [-0.05, 0) is 29.3 Å². The quantitative estimate of drug-likeness (QED) is 0.477. The molecule has 0 aliphatic carbocycles. The Morgan fingerprint density at radius 2 is 1.68 bits per heavy atom. The van der Waals surface area contributed by atoms with Crippen molar-refractivity contribution < 1.29 is 9.26 Å². The number of aromatic nitrogens is 3. The molecule has 28 heavy (non-hydrogen) atoms. The topological polar surface area (TPSA) is 87.1 Å². The summed E-state index contributed by atoms with van der Waals surface area (Å²) in [5.41, 5.74) is 9.69. The average Bonchev–Trinajstić information content (AvgIpc) is 3.17. The zero-order chi connectivity index (χ0) is 18.5. The summed E-state index contributed by atoms with van der Waals surface area (Å²) in [6, 6.07) is 19.4. The van der Waals surface area contributed by atoms with Crippen LogP contribution in [0.4, 0.5) is 5.82 Å².